The van der Waals surface area contributed by atoms with Crippen molar-refractivity contribution in [3.8, 4) is 22.9 Å². The van der Waals surface area contributed by atoms with Crippen LogP contribution in [-0.4, -0.2) is 40.9 Å². The highest BCUT2D eigenvalue weighted by molar-refractivity contribution is 14.0. The van der Waals surface area contributed by atoms with Crippen LogP contribution < -0.4 is 20.1 Å². The van der Waals surface area contributed by atoms with Gasteiger partial charge in [0.05, 0.1) is 19.7 Å². The number of hydrogen-bond donors (Lipinski definition) is 3. The third-order valence-electron chi connectivity index (χ3n) is 6.55. The number of benzene rings is 2. The van der Waals surface area contributed by atoms with Gasteiger partial charge in [-0.3, -0.25) is 10.1 Å². The number of ether oxygens (including phenoxy) is 2. The van der Waals surface area contributed by atoms with Gasteiger partial charge in [-0.15, -0.1) is 24.0 Å². The highest BCUT2D eigenvalue weighted by Crippen LogP contribution is 2.46. The molecule has 1 aromatic heterocycles. The molecule has 1 spiro atoms. The van der Waals surface area contributed by atoms with Crippen molar-refractivity contribution in [3.63, 3.8) is 0 Å². The number of aromatic amines is 1. The van der Waals surface area contributed by atoms with Crippen LogP contribution in [0.5, 0.6) is 11.5 Å². The van der Waals surface area contributed by atoms with E-state index < -0.39 is 0 Å². The normalized spacial score (nSPS) is 18.5. The summed E-state index contributed by atoms with van der Waals surface area (Å²) in [6, 6.07) is 16.2. The molecule has 0 saturated heterocycles. The van der Waals surface area contributed by atoms with Gasteiger partial charge >= 0.3 is 0 Å². The Hall–Kier alpha value is -2.82. The van der Waals surface area contributed by atoms with E-state index in [1.54, 1.807) is 14.2 Å². The molecule has 8 nitrogen and oxygen atoms in total. The number of nitrogens with zero attached hydrogens (tertiary/aromatic N) is 3. The first-order chi connectivity index (χ1) is 16.2. The maximum absolute atomic E-state index is 6.48. The van der Waals surface area contributed by atoms with Crippen molar-refractivity contribution in [3.05, 3.63) is 59.9 Å². The van der Waals surface area contributed by atoms with Crippen LogP contribution in [-0.2, 0) is 6.54 Å². The number of fused-ring (bicyclic) bond motifs is 1. The van der Waals surface area contributed by atoms with Crippen LogP contribution in [0.2, 0.25) is 0 Å². The smallest absolute Gasteiger partial charge is 0.191 e. The molecule has 180 valence electrons. The molecule has 1 saturated carbocycles. The quantitative estimate of drug-likeness (QED) is 0.234. The number of aliphatic imine (C=N–C) groups is 1. The van der Waals surface area contributed by atoms with E-state index in [-0.39, 0.29) is 35.6 Å². The number of hydrogen-bond acceptors (Lipinski definition) is 5. The second kappa shape index (κ2) is 10.6. The summed E-state index contributed by atoms with van der Waals surface area (Å²) in [7, 11) is 3.44. The third-order valence-corrected chi connectivity index (χ3v) is 6.55. The van der Waals surface area contributed by atoms with Crippen molar-refractivity contribution in [2.75, 3.05) is 14.2 Å². The van der Waals surface area contributed by atoms with Gasteiger partial charge in [-0.2, -0.15) is 5.10 Å². The molecular weight excluding hydrogens is 543 g/mol. The number of para-hydroxylation sites is 1. The highest BCUT2D eigenvalue weighted by atomic mass is 127. The fraction of sp³-hybridized carbons (Fsp3) is 0.400. The van der Waals surface area contributed by atoms with E-state index >= 15 is 0 Å². The van der Waals surface area contributed by atoms with Crippen LogP contribution in [0.1, 0.15) is 49.5 Å². The molecule has 1 unspecified atom stereocenters. The molecule has 2 aliphatic rings. The van der Waals surface area contributed by atoms with E-state index in [1.807, 2.05) is 30.3 Å². The predicted octanol–water partition coefficient (Wildman–Crippen LogP) is 4.60. The Bertz CT molecular complexity index is 1120. The molecule has 0 bridgehead atoms. The van der Waals surface area contributed by atoms with Gasteiger partial charge in [-0.1, -0.05) is 18.2 Å². The fourth-order valence-corrected chi connectivity index (χ4v) is 4.84. The minimum absolute atomic E-state index is 0. The van der Waals surface area contributed by atoms with Crippen molar-refractivity contribution in [1.82, 2.24) is 25.8 Å². The summed E-state index contributed by atoms with van der Waals surface area (Å²) in [6.45, 7) is 0.485. The Morgan fingerprint density at radius 1 is 1.18 bits per heavy atom. The minimum Gasteiger partial charge on any atom is -0.497 e. The SMILES string of the molecule is CN=C(NCc1nc(-c2ccc(OC)cc2)n[nH]1)NC1CC2(CCCC2)Oc2ccccc21.I. The molecule has 3 aromatic rings. The first kappa shape index (κ1) is 24.3. The maximum Gasteiger partial charge on any atom is 0.191 e. The number of nitrogens with one attached hydrogen (secondary N) is 3. The van der Waals surface area contributed by atoms with Gasteiger partial charge in [0.25, 0.3) is 0 Å². The van der Waals surface area contributed by atoms with Gasteiger partial charge in [0.1, 0.15) is 22.9 Å². The minimum atomic E-state index is -0.0664. The monoisotopic (exact) mass is 574 g/mol. The number of methoxy groups -OCH3 is 1. The molecule has 0 amide bonds. The lowest BCUT2D eigenvalue weighted by atomic mass is 9.86. The molecule has 5 rings (SSSR count). The number of rotatable bonds is 5. The number of H-pyrrole nitrogens is 1. The Labute approximate surface area is 217 Å². The van der Waals surface area contributed by atoms with Crippen LogP contribution in [0.25, 0.3) is 11.4 Å². The average Bonchev–Trinajstić information content (AvgIpc) is 3.51. The molecule has 34 heavy (non-hydrogen) atoms. The Morgan fingerprint density at radius 2 is 1.94 bits per heavy atom. The standard InChI is InChI=1S/C25H30N6O2.HI/c1-26-24(27-16-22-29-23(31-30-22)17-9-11-18(32-2)12-10-17)28-20-15-25(13-5-6-14-25)33-21-8-4-3-7-19(20)21;/h3-4,7-12,20H,5-6,13-16H2,1-2H3,(H2,26,27,28)(H,29,30,31);1H. The number of halogens is 1. The van der Waals surface area contributed by atoms with Crippen LogP contribution in [0.4, 0.5) is 0 Å². The van der Waals surface area contributed by atoms with Gasteiger partial charge in [0.15, 0.2) is 11.8 Å². The lowest BCUT2D eigenvalue weighted by Gasteiger charge is -2.40. The topological polar surface area (TPSA) is 96.5 Å². The van der Waals surface area contributed by atoms with Gasteiger partial charge in [-0.05, 0) is 56.0 Å². The molecular formula is C25H31IN6O2. The van der Waals surface area contributed by atoms with Crippen molar-refractivity contribution in [2.45, 2.75) is 50.3 Å². The van der Waals surface area contributed by atoms with Gasteiger partial charge in [0, 0.05) is 24.6 Å². The van der Waals surface area contributed by atoms with E-state index in [2.05, 4.69) is 49.0 Å². The van der Waals surface area contributed by atoms with E-state index in [4.69, 9.17) is 9.47 Å². The molecule has 0 radical (unpaired) electrons. The second-order valence-corrected chi connectivity index (χ2v) is 8.69. The molecule has 1 aliphatic heterocycles. The first-order valence-corrected chi connectivity index (χ1v) is 11.5. The molecule has 1 atom stereocenters. The summed E-state index contributed by atoms with van der Waals surface area (Å²) in [5, 5.41) is 14.3. The van der Waals surface area contributed by atoms with Crippen molar-refractivity contribution < 1.29 is 9.47 Å². The summed E-state index contributed by atoms with van der Waals surface area (Å²) >= 11 is 0. The Balaban J connectivity index is 0.00000274. The van der Waals surface area contributed by atoms with E-state index in [0.29, 0.717) is 12.4 Å². The van der Waals surface area contributed by atoms with Crippen molar-refractivity contribution >= 4 is 29.9 Å². The average molecular weight is 574 g/mol. The zero-order valence-corrected chi connectivity index (χ0v) is 21.8. The lowest BCUT2D eigenvalue weighted by Crippen LogP contribution is -2.46. The van der Waals surface area contributed by atoms with Gasteiger partial charge in [-0.25, -0.2) is 4.98 Å². The van der Waals surface area contributed by atoms with Crippen LogP contribution in [0, 0.1) is 0 Å². The fourth-order valence-electron chi connectivity index (χ4n) is 4.84. The van der Waals surface area contributed by atoms with Crippen molar-refractivity contribution in [2.24, 2.45) is 4.99 Å². The van der Waals surface area contributed by atoms with E-state index in [1.165, 1.54) is 18.4 Å². The van der Waals surface area contributed by atoms with E-state index in [0.717, 1.165) is 48.1 Å². The summed E-state index contributed by atoms with van der Waals surface area (Å²) < 4.78 is 11.7. The first-order valence-electron chi connectivity index (χ1n) is 11.5. The van der Waals surface area contributed by atoms with E-state index in [9.17, 15) is 0 Å². The zero-order valence-electron chi connectivity index (χ0n) is 19.5. The number of guanidine groups is 1. The summed E-state index contributed by atoms with van der Waals surface area (Å²) in [6.07, 6.45) is 5.61. The number of aromatic nitrogens is 3. The summed E-state index contributed by atoms with van der Waals surface area (Å²) in [4.78, 5) is 9.06. The van der Waals surface area contributed by atoms with Crippen LogP contribution >= 0.6 is 24.0 Å². The van der Waals surface area contributed by atoms with Crippen LogP contribution in [0.15, 0.2) is 53.5 Å². The Morgan fingerprint density at radius 3 is 2.68 bits per heavy atom. The Kier molecular flexibility index (Phi) is 7.60. The van der Waals surface area contributed by atoms with Crippen LogP contribution in [0.3, 0.4) is 0 Å². The molecule has 2 aromatic carbocycles. The largest absolute Gasteiger partial charge is 0.497 e. The predicted molar refractivity (Wildman–Crippen MR) is 143 cm³/mol. The van der Waals surface area contributed by atoms with Gasteiger partial charge in [0.2, 0.25) is 0 Å². The zero-order chi connectivity index (χ0) is 22.7. The molecule has 1 aliphatic carbocycles. The maximum atomic E-state index is 6.48. The lowest BCUT2D eigenvalue weighted by molar-refractivity contribution is 0.0396. The molecule has 2 heterocycles. The summed E-state index contributed by atoms with van der Waals surface area (Å²) in [5.74, 6) is 3.91. The molecule has 1 fully saturated rings. The highest BCUT2D eigenvalue weighted by Gasteiger charge is 2.43. The molecule has 3 N–H and O–H groups in total. The molecule has 9 heteroatoms. The third kappa shape index (κ3) is 5.13. The van der Waals surface area contributed by atoms with Gasteiger partial charge < -0.3 is 20.1 Å². The second-order valence-electron chi connectivity index (χ2n) is 8.69. The summed E-state index contributed by atoms with van der Waals surface area (Å²) in [5.41, 5.74) is 2.05. The van der Waals surface area contributed by atoms with Crippen molar-refractivity contribution in [1.29, 1.82) is 0 Å².